The third kappa shape index (κ3) is 3.71. The standard InChI is InChI=1S/C15H20N2O4/c1-3-21-15(19)11-7-9-17(10-8-11)14(18)12-5-4-6-13(16-12)20-2/h4-6,11H,3,7-10H2,1-2H3. The summed E-state index contributed by atoms with van der Waals surface area (Å²) >= 11 is 0. The third-order valence-corrected chi connectivity index (χ3v) is 3.55. The fourth-order valence-corrected chi connectivity index (χ4v) is 2.39. The summed E-state index contributed by atoms with van der Waals surface area (Å²) in [5, 5.41) is 0. The molecule has 0 aromatic carbocycles. The van der Waals surface area contributed by atoms with Gasteiger partial charge in [0.05, 0.1) is 19.6 Å². The molecule has 0 spiro atoms. The monoisotopic (exact) mass is 292 g/mol. The number of ether oxygens (including phenoxy) is 2. The Morgan fingerprint density at radius 2 is 2.05 bits per heavy atom. The lowest BCUT2D eigenvalue weighted by Gasteiger charge is -2.30. The number of methoxy groups -OCH3 is 1. The molecule has 1 aliphatic heterocycles. The molecule has 21 heavy (non-hydrogen) atoms. The Hall–Kier alpha value is -2.11. The van der Waals surface area contributed by atoms with E-state index in [0.29, 0.717) is 44.1 Å². The Bertz CT molecular complexity index is 510. The number of rotatable bonds is 4. The molecule has 1 aromatic heterocycles. The second-order valence-corrected chi connectivity index (χ2v) is 4.88. The number of hydrogen-bond donors (Lipinski definition) is 0. The van der Waals surface area contributed by atoms with E-state index in [-0.39, 0.29) is 17.8 Å². The zero-order valence-electron chi connectivity index (χ0n) is 12.4. The number of likely N-dealkylation sites (tertiary alicyclic amines) is 1. The number of piperidine rings is 1. The molecule has 114 valence electrons. The lowest BCUT2D eigenvalue weighted by atomic mass is 9.97. The Balaban J connectivity index is 1.95. The lowest BCUT2D eigenvalue weighted by Crippen LogP contribution is -2.41. The first-order valence-corrected chi connectivity index (χ1v) is 7.12. The van der Waals surface area contributed by atoms with E-state index in [4.69, 9.17) is 9.47 Å². The number of carbonyl (C=O) groups excluding carboxylic acids is 2. The number of carbonyl (C=O) groups is 2. The van der Waals surface area contributed by atoms with Gasteiger partial charge in [-0.1, -0.05) is 6.07 Å². The third-order valence-electron chi connectivity index (χ3n) is 3.55. The molecule has 0 atom stereocenters. The van der Waals surface area contributed by atoms with Crippen molar-refractivity contribution >= 4 is 11.9 Å². The van der Waals surface area contributed by atoms with Crippen molar-refractivity contribution in [1.82, 2.24) is 9.88 Å². The maximum Gasteiger partial charge on any atom is 0.309 e. The summed E-state index contributed by atoms with van der Waals surface area (Å²) in [6.07, 6.45) is 1.27. The fraction of sp³-hybridized carbons (Fsp3) is 0.533. The van der Waals surface area contributed by atoms with Gasteiger partial charge < -0.3 is 14.4 Å². The van der Waals surface area contributed by atoms with Gasteiger partial charge in [-0.25, -0.2) is 4.98 Å². The normalized spacial score (nSPS) is 15.6. The molecule has 6 nitrogen and oxygen atoms in total. The van der Waals surface area contributed by atoms with Crippen LogP contribution >= 0.6 is 0 Å². The molecule has 2 rings (SSSR count). The largest absolute Gasteiger partial charge is 0.481 e. The molecule has 1 amide bonds. The predicted molar refractivity (Wildman–Crippen MR) is 76.0 cm³/mol. The van der Waals surface area contributed by atoms with E-state index in [1.165, 1.54) is 7.11 Å². The Kier molecular flexibility index (Phi) is 5.14. The zero-order chi connectivity index (χ0) is 15.2. The van der Waals surface area contributed by atoms with Crippen LogP contribution in [0.2, 0.25) is 0 Å². The number of aromatic nitrogens is 1. The second kappa shape index (κ2) is 7.06. The van der Waals surface area contributed by atoms with Crippen molar-refractivity contribution in [1.29, 1.82) is 0 Å². The van der Waals surface area contributed by atoms with Crippen LogP contribution in [0.4, 0.5) is 0 Å². The van der Waals surface area contributed by atoms with E-state index < -0.39 is 0 Å². The summed E-state index contributed by atoms with van der Waals surface area (Å²) in [5.41, 5.74) is 0.365. The van der Waals surface area contributed by atoms with E-state index in [1.54, 1.807) is 30.0 Å². The summed E-state index contributed by atoms with van der Waals surface area (Å²) < 4.78 is 10.0. The van der Waals surface area contributed by atoms with Gasteiger partial charge in [-0.15, -0.1) is 0 Å². The topological polar surface area (TPSA) is 68.7 Å². The SMILES string of the molecule is CCOC(=O)C1CCN(C(=O)c2cccc(OC)n2)CC1. The van der Waals surface area contributed by atoms with Crippen molar-refractivity contribution < 1.29 is 19.1 Å². The van der Waals surface area contributed by atoms with Gasteiger partial charge in [0.2, 0.25) is 5.88 Å². The van der Waals surface area contributed by atoms with Gasteiger partial charge in [-0.2, -0.15) is 0 Å². The highest BCUT2D eigenvalue weighted by atomic mass is 16.5. The van der Waals surface area contributed by atoms with Gasteiger partial charge in [-0.05, 0) is 25.8 Å². The number of nitrogens with zero attached hydrogens (tertiary/aromatic N) is 2. The maximum atomic E-state index is 12.4. The van der Waals surface area contributed by atoms with E-state index in [0.717, 1.165) is 0 Å². The number of esters is 1. The van der Waals surface area contributed by atoms with Crippen LogP contribution in [-0.2, 0) is 9.53 Å². The van der Waals surface area contributed by atoms with Crippen molar-refractivity contribution in [3.05, 3.63) is 23.9 Å². The molecule has 1 aromatic rings. The van der Waals surface area contributed by atoms with Crippen molar-refractivity contribution in [3.63, 3.8) is 0 Å². The molecule has 0 saturated carbocycles. The molecule has 0 bridgehead atoms. The molecule has 0 N–H and O–H groups in total. The van der Waals surface area contributed by atoms with Crippen molar-refractivity contribution in [2.24, 2.45) is 5.92 Å². The number of pyridine rings is 1. The van der Waals surface area contributed by atoms with Crippen LogP contribution < -0.4 is 4.74 Å². The predicted octanol–water partition coefficient (Wildman–Crippen LogP) is 1.51. The van der Waals surface area contributed by atoms with Crippen LogP contribution in [0.25, 0.3) is 0 Å². The lowest BCUT2D eigenvalue weighted by molar-refractivity contribution is -0.149. The minimum atomic E-state index is -0.163. The van der Waals surface area contributed by atoms with Gasteiger partial charge in [0.25, 0.3) is 5.91 Å². The molecule has 0 aliphatic carbocycles. The van der Waals surface area contributed by atoms with Crippen molar-refractivity contribution in [2.45, 2.75) is 19.8 Å². The zero-order valence-corrected chi connectivity index (χ0v) is 12.4. The first-order chi connectivity index (χ1) is 10.2. The molecular formula is C15H20N2O4. The summed E-state index contributed by atoms with van der Waals surface area (Å²) in [6, 6.07) is 5.11. The Morgan fingerprint density at radius 1 is 1.33 bits per heavy atom. The molecule has 1 aliphatic rings. The van der Waals surface area contributed by atoms with Crippen LogP contribution in [0.5, 0.6) is 5.88 Å². The van der Waals surface area contributed by atoms with Crippen LogP contribution in [0.1, 0.15) is 30.3 Å². The highest BCUT2D eigenvalue weighted by molar-refractivity contribution is 5.92. The molecule has 0 unspecified atom stereocenters. The van der Waals surface area contributed by atoms with Crippen LogP contribution in [0, 0.1) is 5.92 Å². The van der Waals surface area contributed by atoms with Crippen molar-refractivity contribution in [3.8, 4) is 5.88 Å². The maximum absolute atomic E-state index is 12.4. The molecule has 6 heteroatoms. The van der Waals surface area contributed by atoms with Gasteiger partial charge in [-0.3, -0.25) is 9.59 Å². The quantitative estimate of drug-likeness (QED) is 0.787. The highest BCUT2D eigenvalue weighted by Gasteiger charge is 2.29. The Labute approximate surface area is 124 Å². The number of hydrogen-bond acceptors (Lipinski definition) is 5. The molecule has 0 radical (unpaired) electrons. The van der Waals surface area contributed by atoms with E-state index in [1.807, 2.05) is 0 Å². The average molecular weight is 292 g/mol. The summed E-state index contributed by atoms with van der Waals surface area (Å²) in [4.78, 5) is 29.9. The molecule has 1 saturated heterocycles. The summed E-state index contributed by atoms with van der Waals surface area (Å²) in [7, 11) is 1.52. The van der Waals surface area contributed by atoms with Crippen LogP contribution in [0.15, 0.2) is 18.2 Å². The molecule has 2 heterocycles. The first kappa shape index (κ1) is 15.3. The minimum Gasteiger partial charge on any atom is -0.481 e. The number of amides is 1. The van der Waals surface area contributed by atoms with E-state index in [2.05, 4.69) is 4.98 Å². The summed E-state index contributed by atoms with van der Waals surface area (Å²) in [5.74, 6) is 0.0230. The molecule has 1 fully saturated rings. The van der Waals surface area contributed by atoms with Gasteiger partial charge in [0.15, 0.2) is 0 Å². The van der Waals surface area contributed by atoms with Gasteiger partial charge in [0.1, 0.15) is 5.69 Å². The van der Waals surface area contributed by atoms with Gasteiger partial charge in [0, 0.05) is 19.2 Å². The first-order valence-electron chi connectivity index (χ1n) is 7.12. The highest BCUT2D eigenvalue weighted by Crippen LogP contribution is 2.20. The van der Waals surface area contributed by atoms with E-state index in [9.17, 15) is 9.59 Å². The van der Waals surface area contributed by atoms with Crippen LogP contribution in [0.3, 0.4) is 0 Å². The minimum absolute atomic E-state index is 0.104. The fourth-order valence-electron chi connectivity index (χ4n) is 2.39. The van der Waals surface area contributed by atoms with Gasteiger partial charge >= 0.3 is 5.97 Å². The molecular weight excluding hydrogens is 272 g/mol. The average Bonchev–Trinajstić information content (AvgIpc) is 2.54. The van der Waals surface area contributed by atoms with Crippen LogP contribution in [-0.4, -0.2) is 48.6 Å². The summed E-state index contributed by atoms with van der Waals surface area (Å²) in [6.45, 7) is 3.28. The second-order valence-electron chi connectivity index (χ2n) is 4.88. The van der Waals surface area contributed by atoms with Crippen molar-refractivity contribution in [2.75, 3.05) is 26.8 Å². The van der Waals surface area contributed by atoms with E-state index >= 15 is 0 Å². The smallest absolute Gasteiger partial charge is 0.309 e. The Morgan fingerprint density at radius 3 is 2.67 bits per heavy atom.